The van der Waals surface area contributed by atoms with Gasteiger partial charge in [-0.15, -0.1) is 0 Å². The maximum atomic E-state index is 12.9. The monoisotopic (exact) mass is 440 g/mol. The number of sulfonamides is 1. The summed E-state index contributed by atoms with van der Waals surface area (Å²) in [6, 6.07) is 14.8. The van der Waals surface area contributed by atoms with Crippen molar-refractivity contribution in [1.82, 2.24) is 15.5 Å². The lowest BCUT2D eigenvalue weighted by atomic mass is 9.96. The lowest BCUT2D eigenvalue weighted by Crippen LogP contribution is -2.44. The molecular formula is C22H24N4O4S. The molecule has 0 spiro atoms. The molecule has 1 aliphatic carbocycles. The van der Waals surface area contributed by atoms with Crippen molar-refractivity contribution >= 4 is 21.6 Å². The number of hydrogen-bond acceptors (Lipinski definition) is 6. The zero-order chi connectivity index (χ0) is 22.1. The predicted octanol–water partition coefficient (Wildman–Crippen LogP) is 3.40. The van der Waals surface area contributed by atoms with Gasteiger partial charge in [0.1, 0.15) is 5.54 Å². The van der Waals surface area contributed by atoms with Gasteiger partial charge >= 0.3 is 0 Å². The highest BCUT2D eigenvalue weighted by Crippen LogP contribution is 2.37. The topological polar surface area (TPSA) is 105 Å². The van der Waals surface area contributed by atoms with E-state index in [1.54, 1.807) is 31.2 Å². The van der Waals surface area contributed by atoms with E-state index >= 15 is 0 Å². The number of aromatic nitrogens is 2. The fraction of sp³-hybridized carbons (Fsp3) is 0.318. The van der Waals surface area contributed by atoms with Crippen LogP contribution in [0.1, 0.15) is 47.8 Å². The Morgan fingerprint density at radius 2 is 1.71 bits per heavy atom. The van der Waals surface area contributed by atoms with Crippen molar-refractivity contribution < 1.29 is 17.7 Å². The summed E-state index contributed by atoms with van der Waals surface area (Å²) in [6.45, 7) is 1.71. The van der Waals surface area contributed by atoms with Gasteiger partial charge in [0.05, 0.1) is 10.6 Å². The molecule has 0 radical (unpaired) electrons. The normalized spacial score (nSPS) is 15.5. The molecule has 162 valence electrons. The van der Waals surface area contributed by atoms with Crippen molar-refractivity contribution in [3.63, 3.8) is 0 Å². The first-order chi connectivity index (χ1) is 14.8. The average molecular weight is 441 g/mol. The highest BCUT2D eigenvalue weighted by atomic mass is 32.2. The summed E-state index contributed by atoms with van der Waals surface area (Å²) in [4.78, 5) is 17.4. The number of carbonyl (C=O) groups excluding carboxylic acids is 1. The van der Waals surface area contributed by atoms with Gasteiger partial charge in [0.2, 0.25) is 5.89 Å². The van der Waals surface area contributed by atoms with Crippen molar-refractivity contribution in [1.29, 1.82) is 0 Å². The van der Waals surface area contributed by atoms with Crippen LogP contribution in [0.4, 0.5) is 5.69 Å². The molecule has 0 atom stereocenters. The molecule has 0 unspecified atom stereocenters. The van der Waals surface area contributed by atoms with Gasteiger partial charge in [-0.25, -0.2) is 8.42 Å². The molecule has 1 aromatic heterocycles. The summed E-state index contributed by atoms with van der Waals surface area (Å²) >= 11 is 0. The highest BCUT2D eigenvalue weighted by molar-refractivity contribution is 7.92. The number of nitrogens with one attached hydrogen (secondary N) is 1. The summed E-state index contributed by atoms with van der Waals surface area (Å²) in [5.74, 6) is 0.636. The van der Waals surface area contributed by atoms with E-state index in [1.807, 2.05) is 6.07 Å². The van der Waals surface area contributed by atoms with Crippen LogP contribution in [0.25, 0.3) is 0 Å². The number of benzene rings is 2. The highest BCUT2D eigenvalue weighted by Gasteiger charge is 2.41. The Morgan fingerprint density at radius 1 is 1.06 bits per heavy atom. The Hall–Kier alpha value is -3.20. The summed E-state index contributed by atoms with van der Waals surface area (Å²) in [5, 5.41) is 7.09. The number of hydrogen-bond donors (Lipinski definition) is 1. The minimum Gasteiger partial charge on any atom is -0.340 e. The number of para-hydroxylation sites is 1. The molecule has 1 amide bonds. The Labute approximate surface area is 181 Å². The lowest BCUT2D eigenvalue weighted by Gasteiger charge is -2.26. The van der Waals surface area contributed by atoms with E-state index in [2.05, 4.69) is 15.5 Å². The third kappa shape index (κ3) is 4.05. The van der Waals surface area contributed by atoms with Crippen LogP contribution in [0.5, 0.6) is 0 Å². The molecule has 4 rings (SSSR count). The van der Waals surface area contributed by atoms with Crippen molar-refractivity contribution in [2.45, 2.75) is 43.0 Å². The number of amides is 1. The fourth-order valence-corrected chi connectivity index (χ4v) is 5.07. The molecule has 9 heteroatoms. The number of rotatable bonds is 6. The van der Waals surface area contributed by atoms with E-state index in [1.165, 1.54) is 35.6 Å². The second kappa shape index (κ2) is 8.14. The minimum absolute atomic E-state index is 0.111. The third-order valence-electron chi connectivity index (χ3n) is 5.66. The fourth-order valence-electron chi connectivity index (χ4n) is 3.88. The van der Waals surface area contributed by atoms with Crippen LogP contribution in [0.3, 0.4) is 0 Å². The summed E-state index contributed by atoms with van der Waals surface area (Å²) in [7, 11) is -2.24. The summed E-state index contributed by atoms with van der Waals surface area (Å²) < 4.78 is 32.2. The quantitative estimate of drug-likeness (QED) is 0.630. The molecule has 0 bridgehead atoms. The second-order valence-corrected chi connectivity index (χ2v) is 9.68. The molecule has 3 aromatic rings. The molecule has 1 aliphatic rings. The molecule has 0 saturated heterocycles. The Bertz CT molecular complexity index is 1170. The maximum Gasteiger partial charge on any atom is 0.264 e. The van der Waals surface area contributed by atoms with Gasteiger partial charge in [-0.3, -0.25) is 9.10 Å². The van der Waals surface area contributed by atoms with Crippen LogP contribution in [-0.2, 0) is 15.6 Å². The number of anilines is 1. The second-order valence-electron chi connectivity index (χ2n) is 7.71. The largest absolute Gasteiger partial charge is 0.340 e. The Balaban J connectivity index is 1.54. The number of aryl methyl sites for hydroxylation is 1. The van der Waals surface area contributed by atoms with Gasteiger partial charge in [-0.05, 0) is 49.2 Å². The Kier molecular flexibility index (Phi) is 5.53. The third-order valence-corrected chi connectivity index (χ3v) is 7.46. The van der Waals surface area contributed by atoms with Gasteiger partial charge in [0.25, 0.3) is 15.9 Å². The van der Waals surface area contributed by atoms with E-state index in [9.17, 15) is 13.2 Å². The zero-order valence-electron chi connectivity index (χ0n) is 17.4. The number of carbonyl (C=O) groups is 1. The molecular weight excluding hydrogens is 416 g/mol. The van der Waals surface area contributed by atoms with E-state index < -0.39 is 15.6 Å². The molecule has 0 aliphatic heterocycles. The van der Waals surface area contributed by atoms with E-state index in [-0.39, 0.29) is 10.8 Å². The van der Waals surface area contributed by atoms with Gasteiger partial charge in [-0.2, -0.15) is 4.98 Å². The van der Waals surface area contributed by atoms with Crippen molar-refractivity contribution in [3.8, 4) is 0 Å². The molecule has 1 saturated carbocycles. The lowest BCUT2D eigenvalue weighted by molar-refractivity contribution is 0.0892. The van der Waals surface area contributed by atoms with Crippen LogP contribution in [0.15, 0.2) is 64.0 Å². The molecule has 8 nitrogen and oxygen atoms in total. The van der Waals surface area contributed by atoms with Gasteiger partial charge in [0, 0.05) is 19.5 Å². The zero-order valence-corrected chi connectivity index (χ0v) is 18.2. The molecule has 31 heavy (non-hydrogen) atoms. The predicted molar refractivity (Wildman–Crippen MR) is 115 cm³/mol. The van der Waals surface area contributed by atoms with Crippen molar-refractivity contribution in [3.05, 3.63) is 71.9 Å². The molecule has 1 N–H and O–H groups in total. The SMILES string of the molecule is Cc1nc(C2(NC(=O)c3ccc(S(=O)(=O)N(C)c4ccccc4)cc3)CCCC2)no1. The first-order valence-corrected chi connectivity index (χ1v) is 11.5. The Morgan fingerprint density at radius 3 is 2.29 bits per heavy atom. The van der Waals surface area contributed by atoms with Gasteiger partial charge < -0.3 is 9.84 Å². The minimum atomic E-state index is -3.74. The molecule has 1 fully saturated rings. The maximum absolute atomic E-state index is 12.9. The van der Waals surface area contributed by atoms with E-state index in [0.717, 1.165) is 25.7 Å². The van der Waals surface area contributed by atoms with Crippen LogP contribution in [0, 0.1) is 6.92 Å². The van der Waals surface area contributed by atoms with E-state index in [4.69, 9.17) is 4.52 Å². The van der Waals surface area contributed by atoms with Gasteiger partial charge in [-0.1, -0.05) is 36.2 Å². The van der Waals surface area contributed by atoms with Crippen LogP contribution >= 0.6 is 0 Å². The molecule has 2 aromatic carbocycles. The van der Waals surface area contributed by atoms with Crippen LogP contribution < -0.4 is 9.62 Å². The smallest absolute Gasteiger partial charge is 0.264 e. The summed E-state index contributed by atoms with van der Waals surface area (Å²) in [6.07, 6.45) is 3.37. The number of nitrogens with zero attached hydrogens (tertiary/aromatic N) is 3. The van der Waals surface area contributed by atoms with Crippen LogP contribution in [-0.4, -0.2) is 31.5 Å². The molecule has 1 heterocycles. The summed E-state index contributed by atoms with van der Waals surface area (Å²) in [5.41, 5.74) is 0.267. The first kappa shape index (κ1) is 21.0. The first-order valence-electron chi connectivity index (χ1n) is 10.1. The standard InChI is InChI=1S/C22H24N4O4S/c1-16-23-21(25-30-16)22(14-6-7-15-22)24-20(27)17-10-12-19(13-11-17)31(28,29)26(2)18-8-4-3-5-9-18/h3-5,8-13H,6-7,14-15H2,1-2H3,(H,24,27). The van der Waals surface area contributed by atoms with Crippen molar-refractivity contribution in [2.75, 3.05) is 11.4 Å². The average Bonchev–Trinajstić information content (AvgIpc) is 3.44. The van der Waals surface area contributed by atoms with E-state index in [0.29, 0.717) is 23.0 Å². The van der Waals surface area contributed by atoms with Crippen molar-refractivity contribution in [2.24, 2.45) is 0 Å². The van der Waals surface area contributed by atoms with Crippen LogP contribution in [0.2, 0.25) is 0 Å². The van der Waals surface area contributed by atoms with Gasteiger partial charge in [0.15, 0.2) is 5.82 Å².